The molecule has 0 aliphatic heterocycles. The van der Waals surface area contributed by atoms with E-state index in [0.717, 1.165) is 4.70 Å². The largest absolute Gasteiger partial charge is 0.465 e. The van der Waals surface area contributed by atoms with Crippen molar-refractivity contribution < 1.29 is 14.3 Å². The zero-order valence-electron chi connectivity index (χ0n) is 14.0. The Balaban J connectivity index is 2.17. The lowest BCUT2D eigenvalue weighted by Crippen LogP contribution is -2.23. The minimum absolute atomic E-state index is 0.143. The molecule has 0 saturated heterocycles. The van der Waals surface area contributed by atoms with E-state index in [1.54, 1.807) is 37.3 Å². The number of ether oxygens (including phenoxy) is 1. The van der Waals surface area contributed by atoms with Gasteiger partial charge in [0, 0.05) is 10.6 Å². The van der Waals surface area contributed by atoms with E-state index in [4.69, 9.17) is 39.5 Å². The zero-order valence-corrected chi connectivity index (χ0v) is 17.1. The Kier molecular flexibility index (Phi) is 6.22. The molecule has 0 aliphatic carbocycles. The van der Waals surface area contributed by atoms with Crippen LogP contribution in [0.5, 0.6) is 0 Å². The van der Waals surface area contributed by atoms with E-state index in [1.165, 1.54) is 22.0 Å². The number of fused-ring (bicyclic) bond motifs is 1. The first-order valence-corrected chi connectivity index (χ1v) is 9.83. The predicted molar refractivity (Wildman–Crippen MR) is 108 cm³/mol. The SMILES string of the molecule is CCOC(=O)Cn1c(=NC(=O)c2cccc(Cl)c2)sc2ccc(Cl)c(Cl)c21. The third-order valence-corrected chi connectivity index (χ3v) is 5.67. The van der Waals surface area contributed by atoms with Crippen molar-refractivity contribution in [1.82, 2.24) is 4.57 Å². The summed E-state index contributed by atoms with van der Waals surface area (Å²) >= 11 is 19.6. The molecule has 9 heteroatoms. The summed E-state index contributed by atoms with van der Waals surface area (Å²) in [5.41, 5.74) is 0.867. The summed E-state index contributed by atoms with van der Waals surface area (Å²) < 4.78 is 7.30. The van der Waals surface area contributed by atoms with Gasteiger partial charge >= 0.3 is 5.97 Å². The second-order valence-corrected chi connectivity index (χ2v) is 7.64. The lowest BCUT2D eigenvalue weighted by atomic mass is 10.2. The molecule has 0 atom stereocenters. The molecule has 3 aromatic rings. The van der Waals surface area contributed by atoms with Gasteiger partial charge < -0.3 is 9.30 Å². The fourth-order valence-corrected chi connectivity index (χ4v) is 4.15. The highest BCUT2D eigenvalue weighted by Gasteiger charge is 2.16. The molecule has 1 heterocycles. The highest BCUT2D eigenvalue weighted by Crippen LogP contribution is 2.32. The number of benzene rings is 2. The highest BCUT2D eigenvalue weighted by atomic mass is 35.5. The minimum atomic E-state index is -0.483. The molecule has 27 heavy (non-hydrogen) atoms. The van der Waals surface area contributed by atoms with Crippen LogP contribution in [0.1, 0.15) is 17.3 Å². The summed E-state index contributed by atoms with van der Waals surface area (Å²) in [4.78, 5) is 29.1. The highest BCUT2D eigenvalue weighted by molar-refractivity contribution is 7.16. The maximum Gasteiger partial charge on any atom is 0.326 e. The first-order valence-electron chi connectivity index (χ1n) is 7.88. The maximum absolute atomic E-state index is 12.6. The number of carbonyl (C=O) groups excluding carboxylic acids is 2. The number of thiazole rings is 1. The molecule has 2 aromatic carbocycles. The summed E-state index contributed by atoms with van der Waals surface area (Å²) in [5.74, 6) is -0.950. The number of nitrogens with zero attached hydrogens (tertiary/aromatic N) is 2. The molecular formula is C18H13Cl3N2O3S. The minimum Gasteiger partial charge on any atom is -0.465 e. The van der Waals surface area contributed by atoms with Crippen LogP contribution in [0.3, 0.4) is 0 Å². The van der Waals surface area contributed by atoms with E-state index >= 15 is 0 Å². The van der Waals surface area contributed by atoms with Crippen LogP contribution < -0.4 is 4.80 Å². The molecule has 0 bridgehead atoms. The molecule has 0 fully saturated rings. The summed E-state index contributed by atoms with van der Waals surface area (Å²) in [6.45, 7) is 1.81. The van der Waals surface area contributed by atoms with Crippen LogP contribution in [0.2, 0.25) is 15.1 Å². The van der Waals surface area contributed by atoms with Gasteiger partial charge in [-0.1, -0.05) is 52.2 Å². The van der Waals surface area contributed by atoms with Crippen LogP contribution in [-0.2, 0) is 16.1 Å². The molecule has 1 aromatic heterocycles. The van der Waals surface area contributed by atoms with E-state index in [1.807, 2.05) is 0 Å². The van der Waals surface area contributed by atoms with Crippen molar-refractivity contribution in [2.75, 3.05) is 6.61 Å². The van der Waals surface area contributed by atoms with Crippen molar-refractivity contribution >= 4 is 68.2 Å². The van der Waals surface area contributed by atoms with E-state index in [2.05, 4.69) is 4.99 Å². The van der Waals surface area contributed by atoms with Crippen molar-refractivity contribution in [2.24, 2.45) is 4.99 Å². The van der Waals surface area contributed by atoms with Crippen LogP contribution in [0.4, 0.5) is 0 Å². The molecule has 0 N–H and O–H groups in total. The van der Waals surface area contributed by atoms with Crippen LogP contribution in [0.25, 0.3) is 10.2 Å². The summed E-state index contributed by atoms with van der Waals surface area (Å²) in [7, 11) is 0. The monoisotopic (exact) mass is 442 g/mol. The number of amides is 1. The quantitative estimate of drug-likeness (QED) is 0.535. The average Bonchev–Trinajstić information content (AvgIpc) is 2.96. The molecule has 1 amide bonds. The first kappa shape index (κ1) is 19.9. The van der Waals surface area contributed by atoms with Crippen molar-refractivity contribution in [3.63, 3.8) is 0 Å². The maximum atomic E-state index is 12.6. The Morgan fingerprint density at radius 1 is 1.19 bits per heavy atom. The fraction of sp³-hybridized carbons (Fsp3) is 0.167. The molecule has 0 radical (unpaired) electrons. The average molecular weight is 444 g/mol. The molecule has 3 rings (SSSR count). The first-order chi connectivity index (χ1) is 12.9. The number of halogens is 3. The van der Waals surface area contributed by atoms with Crippen molar-refractivity contribution in [1.29, 1.82) is 0 Å². The Morgan fingerprint density at radius 3 is 2.67 bits per heavy atom. The fourth-order valence-electron chi connectivity index (χ4n) is 2.44. The van der Waals surface area contributed by atoms with E-state index in [9.17, 15) is 9.59 Å². The van der Waals surface area contributed by atoms with Crippen molar-refractivity contribution in [2.45, 2.75) is 13.5 Å². The van der Waals surface area contributed by atoms with Gasteiger partial charge in [-0.25, -0.2) is 0 Å². The van der Waals surface area contributed by atoms with E-state index in [-0.39, 0.29) is 18.2 Å². The third-order valence-electron chi connectivity index (χ3n) is 3.60. The van der Waals surface area contributed by atoms with Gasteiger partial charge in [0.1, 0.15) is 6.54 Å². The molecule has 5 nitrogen and oxygen atoms in total. The summed E-state index contributed by atoms with van der Waals surface area (Å²) in [6, 6.07) is 9.89. The van der Waals surface area contributed by atoms with Crippen LogP contribution in [0, 0.1) is 0 Å². The van der Waals surface area contributed by atoms with E-state index in [0.29, 0.717) is 25.9 Å². The lowest BCUT2D eigenvalue weighted by molar-refractivity contribution is -0.143. The second-order valence-electron chi connectivity index (χ2n) is 5.41. The standard InChI is InChI=1S/C18H13Cl3N2O3S/c1-2-26-14(24)9-23-16-13(7-6-12(20)15(16)21)27-18(23)22-17(25)10-4-3-5-11(19)8-10/h3-8H,2,9H2,1H3. The van der Waals surface area contributed by atoms with Crippen molar-refractivity contribution in [3.8, 4) is 0 Å². The number of rotatable bonds is 4. The molecule has 0 aliphatic rings. The van der Waals surface area contributed by atoms with Crippen LogP contribution in [0.15, 0.2) is 41.4 Å². The van der Waals surface area contributed by atoms with E-state index < -0.39 is 11.9 Å². The predicted octanol–water partition coefficient (Wildman–Crippen LogP) is 4.97. The Bertz CT molecular complexity index is 1100. The topological polar surface area (TPSA) is 60.7 Å². The van der Waals surface area contributed by atoms with Gasteiger partial charge in [-0.3, -0.25) is 9.59 Å². The Hall–Kier alpha value is -1.86. The molecule has 0 saturated carbocycles. The number of esters is 1. The lowest BCUT2D eigenvalue weighted by Gasteiger charge is -2.07. The van der Waals surface area contributed by atoms with Gasteiger partial charge in [0.2, 0.25) is 0 Å². The normalized spacial score (nSPS) is 11.8. The summed E-state index contributed by atoms with van der Waals surface area (Å²) in [5, 5.41) is 1.06. The van der Waals surface area contributed by atoms with Gasteiger partial charge in [0.15, 0.2) is 4.80 Å². The number of aromatic nitrogens is 1. The van der Waals surface area contributed by atoms with Gasteiger partial charge in [0.25, 0.3) is 5.91 Å². The number of carbonyl (C=O) groups is 2. The summed E-state index contributed by atoms with van der Waals surface area (Å²) in [6.07, 6.45) is 0. The third kappa shape index (κ3) is 4.35. The van der Waals surface area contributed by atoms with Gasteiger partial charge in [-0.15, -0.1) is 0 Å². The molecule has 0 unspecified atom stereocenters. The van der Waals surface area contributed by atoms with Gasteiger partial charge in [-0.2, -0.15) is 4.99 Å². The Labute approximate surface area is 173 Å². The van der Waals surface area contributed by atoms with Crippen LogP contribution in [-0.4, -0.2) is 23.1 Å². The van der Waals surface area contributed by atoms with Gasteiger partial charge in [0.05, 0.1) is 26.9 Å². The molecule has 0 spiro atoms. The number of hydrogen-bond donors (Lipinski definition) is 0. The smallest absolute Gasteiger partial charge is 0.326 e. The molecule has 140 valence electrons. The van der Waals surface area contributed by atoms with Gasteiger partial charge in [-0.05, 0) is 37.3 Å². The Morgan fingerprint density at radius 2 is 1.96 bits per heavy atom. The van der Waals surface area contributed by atoms with Crippen molar-refractivity contribution in [3.05, 3.63) is 61.8 Å². The molecular weight excluding hydrogens is 431 g/mol. The second kappa shape index (κ2) is 8.44. The zero-order chi connectivity index (χ0) is 19.6. The number of hydrogen-bond acceptors (Lipinski definition) is 4. The van der Waals surface area contributed by atoms with Crippen LogP contribution >= 0.6 is 46.1 Å².